The van der Waals surface area contributed by atoms with Crippen LogP contribution in [0.4, 0.5) is 4.39 Å². The number of hydrogen-bond acceptors (Lipinski definition) is 5. The molecule has 3 aromatic rings. The molecule has 0 N–H and O–H groups in total. The van der Waals surface area contributed by atoms with Gasteiger partial charge in [0.15, 0.2) is 22.5 Å². The molecule has 32 heavy (non-hydrogen) atoms. The number of carbonyl (C=O) groups is 1. The standard InChI is InChI=1S/C24H27FN4O2S/c1-17-12-18(2)14-28(13-17)23(30)16-32-24-27-26-22(29(24)19-8-4-3-5-9-19)15-31-21-11-7-6-10-20(21)25/h3-11,17-18H,12-16H2,1-2H3/t17-,18-/m0/s1. The molecule has 2 heterocycles. The lowest BCUT2D eigenvalue weighted by Gasteiger charge is -2.34. The fourth-order valence-electron chi connectivity index (χ4n) is 4.11. The van der Waals surface area contributed by atoms with Crippen molar-refractivity contribution >= 4 is 17.7 Å². The number of piperidine rings is 1. The number of ether oxygens (including phenoxy) is 1. The number of rotatable bonds is 7. The number of carbonyl (C=O) groups excluding carboxylic acids is 1. The van der Waals surface area contributed by atoms with Crippen molar-refractivity contribution in [2.75, 3.05) is 18.8 Å². The molecular formula is C24H27FN4O2S. The number of para-hydroxylation sites is 2. The molecular weight excluding hydrogens is 427 g/mol. The smallest absolute Gasteiger partial charge is 0.233 e. The Morgan fingerprint density at radius 1 is 1.06 bits per heavy atom. The van der Waals surface area contributed by atoms with E-state index in [0.717, 1.165) is 25.2 Å². The van der Waals surface area contributed by atoms with Crippen LogP contribution in [-0.4, -0.2) is 44.4 Å². The van der Waals surface area contributed by atoms with E-state index in [4.69, 9.17) is 4.74 Å². The molecule has 1 aliphatic rings. The van der Waals surface area contributed by atoms with E-state index in [2.05, 4.69) is 24.0 Å². The van der Waals surface area contributed by atoms with Crippen LogP contribution in [0.15, 0.2) is 59.8 Å². The lowest BCUT2D eigenvalue weighted by molar-refractivity contribution is -0.130. The van der Waals surface area contributed by atoms with E-state index >= 15 is 0 Å². The Balaban J connectivity index is 1.50. The highest BCUT2D eigenvalue weighted by atomic mass is 32.2. The molecule has 8 heteroatoms. The Morgan fingerprint density at radius 2 is 1.75 bits per heavy atom. The van der Waals surface area contributed by atoms with Gasteiger partial charge < -0.3 is 9.64 Å². The Kier molecular flexibility index (Phi) is 7.09. The van der Waals surface area contributed by atoms with Gasteiger partial charge in [-0.1, -0.05) is 55.9 Å². The van der Waals surface area contributed by atoms with Crippen molar-refractivity contribution in [1.82, 2.24) is 19.7 Å². The van der Waals surface area contributed by atoms with E-state index in [9.17, 15) is 9.18 Å². The zero-order valence-corrected chi connectivity index (χ0v) is 19.1. The Bertz CT molecular complexity index is 1050. The zero-order chi connectivity index (χ0) is 22.5. The van der Waals surface area contributed by atoms with Gasteiger partial charge in [0.05, 0.1) is 5.75 Å². The van der Waals surface area contributed by atoms with E-state index in [0.29, 0.717) is 28.6 Å². The maximum Gasteiger partial charge on any atom is 0.233 e. The second-order valence-corrected chi connectivity index (χ2v) is 9.26. The lowest BCUT2D eigenvalue weighted by atomic mass is 9.92. The average molecular weight is 455 g/mol. The van der Waals surface area contributed by atoms with Crippen molar-refractivity contribution in [3.8, 4) is 11.4 Å². The van der Waals surface area contributed by atoms with Gasteiger partial charge in [0.2, 0.25) is 5.91 Å². The van der Waals surface area contributed by atoms with Crippen molar-refractivity contribution in [3.05, 3.63) is 66.2 Å². The number of aromatic nitrogens is 3. The third-order valence-corrected chi connectivity index (χ3v) is 6.37. The molecule has 1 fully saturated rings. The number of nitrogens with zero attached hydrogens (tertiary/aromatic N) is 4. The van der Waals surface area contributed by atoms with Gasteiger partial charge in [-0.25, -0.2) is 4.39 Å². The van der Waals surface area contributed by atoms with E-state index in [1.54, 1.807) is 18.2 Å². The van der Waals surface area contributed by atoms with Gasteiger partial charge in [-0.15, -0.1) is 10.2 Å². The second kappa shape index (κ2) is 10.2. The minimum Gasteiger partial charge on any atom is -0.483 e. The predicted molar refractivity (Wildman–Crippen MR) is 122 cm³/mol. The summed E-state index contributed by atoms with van der Waals surface area (Å²) in [5.41, 5.74) is 0.861. The van der Waals surface area contributed by atoms with Crippen LogP contribution >= 0.6 is 11.8 Å². The Morgan fingerprint density at radius 3 is 2.47 bits per heavy atom. The molecule has 0 saturated carbocycles. The summed E-state index contributed by atoms with van der Waals surface area (Å²) in [5.74, 6) is 1.70. The highest BCUT2D eigenvalue weighted by molar-refractivity contribution is 7.99. The first kappa shape index (κ1) is 22.3. The molecule has 2 aromatic carbocycles. The molecule has 0 radical (unpaired) electrons. The van der Waals surface area contributed by atoms with Gasteiger partial charge in [0, 0.05) is 18.8 Å². The largest absolute Gasteiger partial charge is 0.483 e. The van der Waals surface area contributed by atoms with Crippen LogP contribution in [0.25, 0.3) is 5.69 Å². The molecule has 1 saturated heterocycles. The molecule has 0 aliphatic carbocycles. The van der Waals surface area contributed by atoms with Crippen LogP contribution in [0.5, 0.6) is 5.75 Å². The molecule has 1 amide bonds. The number of thioether (sulfide) groups is 1. The van der Waals surface area contributed by atoms with Gasteiger partial charge in [-0.2, -0.15) is 0 Å². The normalized spacial score (nSPS) is 18.5. The second-order valence-electron chi connectivity index (χ2n) is 8.32. The molecule has 168 valence electrons. The summed E-state index contributed by atoms with van der Waals surface area (Å²) in [5, 5.41) is 9.18. The molecule has 0 bridgehead atoms. The average Bonchev–Trinajstić information content (AvgIpc) is 3.19. The molecule has 6 nitrogen and oxygen atoms in total. The summed E-state index contributed by atoms with van der Waals surface area (Å²) in [7, 11) is 0. The molecule has 1 aromatic heterocycles. The first-order chi connectivity index (χ1) is 15.5. The first-order valence-corrected chi connectivity index (χ1v) is 11.8. The van der Waals surface area contributed by atoms with Crippen LogP contribution in [0.3, 0.4) is 0 Å². The van der Waals surface area contributed by atoms with Gasteiger partial charge in [-0.05, 0) is 42.5 Å². The summed E-state index contributed by atoms with van der Waals surface area (Å²) in [6.45, 7) is 6.04. The maximum absolute atomic E-state index is 13.9. The number of amides is 1. The third-order valence-electron chi connectivity index (χ3n) is 5.45. The number of likely N-dealkylation sites (tertiary alicyclic amines) is 1. The Labute approximate surface area is 191 Å². The zero-order valence-electron chi connectivity index (χ0n) is 18.3. The minimum absolute atomic E-state index is 0.0541. The van der Waals surface area contributed by atoms with Gasteiger partial charge in [0.1, 0.15) is 6.61 Å². The van der Waals surface area contributed by atoms with Crippen molar-refractivity contribution < 1.29 is 13.9 Å². The fourth-order valence-corrected chi connectivity index (χ4v) is 4.99. The SMILES string of the molecule is C[C@H]1C[C@H](C)CN(C(=O)CSc2nnc(COc3ccccc3F)n2-c2ccccc2)C1. The van der Waals surface area contributed by atoms with Crippen LogP contribution in [0.2, 0.25) is 0 Å². The van der Waals surface area contributed by atoms with Crippen LogP contribution in [0, 0.1) is 17.7 Å². The molecule has 2 atom stereocenters. The van der Waals surface area contributed by atoms with Crippen LogP contribution in [-0.2, 0) is 11.4 Å². The van der Waals surface area contributed by atoms with E-state index in [1.165, 1.54) is 17.8 Å². The quantitative estimate of drug-likeness (QED) is 0.489. The monoisotopic (exact) mass is 454 g/mol. The summed E-state index contributed by atoms with van der Waals surface area (Å²) in [4.78, 5) is 14.8. The van der Waals surface area contributed by atoms with Crippen LogP contribution < -0.4 is 4.74 Å². The lowest BCUT2D eigenvalue weighted by Crippen LogP contribution is -2.43. The molecule has 4 rings (SSSR count). The van der Waals surface area contributed by atoms with Gasteiger partial charge in [0.25, 0.3) is 0 Å². The summed E-state index contributed by atoms with van der Waals surface area (Å²) in [6, 6.07) is 15.9. The first-order valence-electron chi connectivity index (χ1n) is 10.8. The van der Waals surface area contributed by atoms with Crippen molar-refractivity contribution in [2.24, 2.45) is 11.8 Å². The minimum atomic E-state index is -0.427. The maximum atomic E-state index is 13.9. The highest BCUT2D eigenvalue weighted by Gasteiger charge is 2.26. The van der Waals surface area contributed by atoms with Gasteiger partial charge >= 0.3 is 0 Å². The van der Waals surface area contributed by atoms with Crippen LogP contribution in [0.1, 0.15) is 26.1 Å². The fraction of sp³-hybridized carbons (Fsp3) is 0.375. The molecule has 0 unspecified atom stereocenters. The number of hydrogen-bond donors (Lipinski definition) is 0. The van der Waals surface area contributed by atoms with E-state index in [1.807, 2.05) is 39.8 Å². The van der Waals surface area contributed by atoms with E-state index in [-0.39, 0.29) is 18.3 Å². The van der Waals surface area contributed by atoms with Crippen molar-refractivity contribution in [3.63, 3.8) is 0 Å². The Hall–Kier alpha value is -2.87. The highest BCUT2D eigenvalue weighted by Crippen LogP contribution is 2.26. The third kappa shape index (κ3) is 5.30. The predicted octanol–water partition coefficient (Wildman–Crippen LogP) is 4.58. The number of halogens is 1. The van der Waals surface area contributed by atoms with Crippen molar-refractivity contribution in [2.45, 2.75) is 32.0 Å². The van der Waals surface area contributed by atoms with Crippen molar-refractivity contribution in [1.29, 1.82) is 0 Å². The number of benzene rings is 2. The summed E-state index contributed by atoms with van der Waals surface area (Å²) >= 11 is 1.36. The van der Waals surface area contributed by atoms with E-state index < -0.39 is 5.82 Å². The summed E-state index contributed by atoms with van der Waals surface area (Å²) < 4.78 is 21.5. The topological polar surface area (TPSA) is 60.3 Å². The van der Waals surface area contributed by atoms with Gasteiger partial charge in [-0.3, -0.25) is 9.36 Å². The summed E-state index contributed by atoms with van der Waals surface area (Å²) in [6.07, 6.45) is 1.16. The molecule has 0 spiro atoms. The molecule has 1 aliphatic heterocycles.